The topological polar surface area (TPSA) is 12.4 Å². The first-order valence-corrected chi connectivity index (χ1v) is 5.74. The molecule has 0 spiro atoms. The highest BCUT2D eigenvalue weighted by Gasteiger charge is 2.03. The molecule has 0 amide bonds. The number of benzene rings is 1. The fraction of sp³-hybridized carbons (Fsp3) is 0.267. The third-order valence-electron chi connectivity index (χ3n) is 2.88. The van der Waals surface area contributed by atoms with Crippen LogP contribution in [0.2, 0.25) is 0 Å². The van der Waals surface area contributed by atoms with Crippen LogP contribution in [-0.4, -0.2) is 5.71 Å². The molecule has 0 aliphatic heterocycles. The van der Waals surface area contributed by atoms with Gasteiger partial charge in [0.1, 0.15) is 0 Å². The van der Waals surface area contributed by atoms with E-state index in [-0.39, 0.29) is 0 Å². The molecule has 0 heterocycles. The molecular weight excluding hydrogens is 194 g/mol. The molecule has 0 atom stereocenters. The molecule has 0 aromatic heterocycles. The Balaban J connectivity index is 2.28. The maximum absolute atomic E-state index is 4.70. The second-order valence-corrected chi connectivity index (χ2v) is 4.17. The number of nitrogens with zero attached hydrogens (tertiary/aromatic N) is 1. The second-order valence-electron chi connectivity index (χ2n) is 4.17. The first kappa shape index (κ1) is 10.9. The zero-order valence-corrected chi connectivity index (χ0v) is 9.90. The Labute approximate surface area is 97.2 Å². The average molecular weight is 211 g/mol. The normalized spacial score (nSPS) is 16.8. The molecule has 0 saturated heterocycles. The van der Waals surface area contributed by atoms with E-state index in [4.69, 9.17) is 4.99 Å². The quantitative estimate of drug-likeness (QED) is 0.652. The maximum Gasteiger partial charge on any atom is 0.0619 e. The Morgan fingerprint density at radius 2 is 1.94 bits per heavy atom. The summed E-state index contributed by atoms with van der Waals surface area (Å²) in [5.74, 6) is 0. The predicted molar refractivity (Wildman–Crippen MR) is 69.7 cm³/mol. The molecular formula is C15H17N. The minimum atomic E-state index is 1.08. The van der Waals surface area contributed by atoms with Crippen LogP contribution >= 0.6 is 0 Å². The summed E-state index contributed by atoms with van der Waals surface area (Å²) >= 11 is 0. The lowest BCUT2D eigenvalue weighted by Gasteiger charge is -2.09. The first-order chi connectivity index (χ1) is 7.77. The molecule has 0 saturated carbocycles. The summed E-state index contributed by atoms with van der Waals surface area (Å²) in [6, 6.07) is 10.3. The highest BCUT2D eigenvalue weighted by atomic mass is 14.8. The van der Waals surface area contributed by atoms with Gasteiger partial charge in [0.15, 0.2) is 0 Å². The summed E-state index contributed by atoms with van der Waals surface area (Å²) < 4.78 is 0. The van der Waals surface area contributed by atoms with E-state index in [9.17, 15) is 0 Å². The number of allylic oxidation sites excluding steroid dienone is 3. The minimum Gasteiger partial charge on any atom is -0.253 e. The van der Waals surface area contributed by atoms with Crippen LogP contribution in [0.5, 0.6) is 0 Å². The van der Waals surface area contributed by atoms with Crippen molar-refractivity contribution >= 4 is 5.71 Å². The molecule has 1 nitrogen and oxygen atoms in total. The molecule has 1 aliphatic carbocycles. The lowest BCUT2D eigenvalue weighted by molar-refractivity contribution is 0.933. The van der Waals surface area contributed by atoms with E-state index in [0.29, 0.717) is 0 Å². The number of aliphatic imine (C=N–C) groups is 1. The van der Waals surface area contributed by atoms with E-state index < -0.39 is 0 Å². The van der Waals surface area contributed by atoms with Gasteiger partial charge in [-0.3, -0.25) is 4.99 Å². The Bertz CT molecular complexity index is 450. The van der Waals surface area contributed by atoms with Crippen LogP contribution in [0.1, 0.15) is 32.3 Å². The van der Waals surface area contributed by atoms with Crippen molar-refractivity contribution in [3.05, 3.63) is 59.3 Å². The molecule has 1 aromatic carbocycles. The number of hydrogen-bond donors (Lipinski definition) is 0. The van der Waals surface area contributed by atoms with Gasteiger partial charge in [-0.2, -0.15) is 0 Å². The molecule has 1 heteroatoms. The van der Waals surface area contributed by atoms with E-state index in [1.54, 1.807) is 0 Å². The molecule has 0 bridgehead atoms. The SMILES string of the molecule is CC(=NC1=C(C)CCC=C1)c1ccccc1. The summed E-state index contributed by atoms with van der Waals surface area (Å²) in [4.78, 5) is 4.70. The first-order valence-electron chi connectivity index (χ1n) is 5.74. The number of hydrogen-bond acceptors (Lipinski definition) is 1. The average Bonchev–Trinajstić information content (AvgIpc) is 2.33. The third-order valence-corrected chi connectivity index (χ3v) is 2.88. The van der Waals surface area contributed by atoms with Gasteiger partial charge in [0.25, 0.3) is 0 Å². The highest BCUT2D eigenvalue weighted by Crippen LogP contribution is 2.20. The Morgan fingerprint density at radius 1 is 1.19 bits per heavy atom. The fourth-order valence-electron chi connectivity index (χ4n) is 1.82. The van der Waals surface area contributed by atoms with Gasteiger partial charge in [0.05, 0.1) is 5.70 Å². The van der Waals surface area contributed by atoms with Gasteiger partial charge in [0.2, 0.25) is 0 Å². The molecule has 0 N–H and O–H groups in total. The van der Waals surface area contributed by atoms with Crippen LogP contribution in [0.4, 0.5) is 0 Å². The molecule has 2 rings (SSSR count). The molecule has 0 fully saturated rings. The molecule has 16 heavy (non-hydrogen) atoms. The van der Waals surface area contributed by atoms with Gasteiger partial charge in [-0.05, 0) is 43.9 Å². The molecule has 82 valence electrons. The molecule has 1 aromatic rings. The van der Waals surface area contributed by atoms with Crippen LogP contribution in [0.15, 0.2) is 58.7 Å². The Hall–Kier alpha value is -1.63. The van der Waals surface area contributed by atoms with Crippen molar-refractivity contribution in [1.29, 1.82) is 0 Å². The van der Waals surface area contributed by atoms with E-state index >= 15 is 0 Å². The molecule has 0 radical (unpaired) electrons. The summed E-state index contributed by atoms with van der Waals surface area (Å²) in [5.41, 5.74) is 4.80. The van der Waals surface area contributed by atoms with Crippen molar-refractivity contribution in [3.63, 3.8) is 0 Å². The van der Waals surface area contributed by atoms with Crippen molar-refractivity contribution in [1.82, 2.24) is 0 Å². The fourth-order valence-corrected chi connectivity index (χ4v) is 1.82. The third kappa shape index (κ3) is 2.48. The largest absolute Gasteiger partial charge is 0.253 e. The monoisotopic (exact) mass is 211 g/mol. The van der Waals surface area contributed by atoms with E-state index in [1.165, 1.54) is 11.1 Å². The summed E-state index contributed by atoms with van der Waals surface area (Å²) in [6.45, 7) is 4.23. The van der Waals surface area contributed by atoms with Gasteiger partial charge >= 0.3 is 0 Å². The zero-order valence-electron chi connectivity index (χ0n) is 9.90. The zero-order chi connectivity index (χ0) is 11.4. The van der Waals surface area contributed by atoms with Crippen molar-refractivity contribution in [3.8, 4) is 0 Å². The van der Waals surface area contributed by atoms with Gasteiger partial charge in [0, 0.05) is 5.71 Å². The minimum absolute atomic E-state index is 1.08. The lowest BCUT2D eigenvalue weighted by Crippen LogP contribution is -1.97. The summed E-state index contributed by atoms with van der Waals surface area (Å²) in [7, 11) is 0. The van der Waals surface area contributed by atoms with Gasteiger partial charge in [-0.25, -0.2) is 0 Å². The van der Waals surface area contributed by atoms with Gasteiger partial charge < -0.3 is 0 Å². The van der Waals surface area contributed by atoms with Gasteiger partial charge in [-0.15, -0.1) is 0 Å². The molecule has 0 unspecified atom stereocenters. The predicted octanol–water partition coefficient (Wildman–Crippen LogP) is 4.12. The van der Waals surface area contributed by atoms with Crippen LogP contribution < -0.4 is 0 Å². The molecule has 1 aliphatic rings. The van der Waals surface area contributed by atoms with Crippen molar-refractivity contribution in [2.24, 2.45) is 4.99 Å². The lowest BCUT2D eigenvalue weighted by atomic mass is 10.0. The smallest absolute Gasteiger partial charge is 0.0619 e. The van der Waals surface area contributed by atoms with Crippen LogP contribution in [-0.2, 0) is 0 Å². The number of rotatable bonds is 2. The standard InChI is InChI=1S/C15H17N/c1-12-8-6-7-11-15(12)16-13(2)14-9-4-3-5-10-14/h3-5,7,9-11H,6,8H2,1-2H3. The van der Waals surface area contributed by atoms with E-state index in [0.717, 1.165) is 24.3 Å². The summed E-state index contributed by atoms with van der Waals surface area (Å²) in [5, 5.41) is 0. The van der Waals surface area contributed by atoms with E-state index in [1.807, 2.05) is 18.2 Å². The Kier molecular flexibility index (Phi) is 3.35. The highest BCUT2D eigenvalue weighted by molar-refractivity contribution is 5.99. The van der Waals surface area contributed by atoms with Gasteiger partial charge in [-0.1, -0.05) is 36.4 Å². The van der Waals surface area contributed by atoms with Crippen molar-refractivity contribution in [2.45, 2.75) is 26.7 Å². The van der Waals surface area contributed by atoms with Crippen LogP contribution in [0.25, 0.3) is 0 Å². The second kappa shape index (κ2) is 4.93. The maximum atomic E-state index is 4.70. The Morgan fingerprint density at radius 3 is 2.62 bits per heavy atom. The van der Waals surface area contributed by atoms with Crippen LogP contribution in [0.3, 0.4) is 0 Å². The van der Waals surface area contributed by atoms with Crippen molar-refractivity contribution in [2.75, 3.05) is 0 Å². The van der Waals surface area contributed by atoms with Crippen LogP contribution in [0, 0.1) is 0 Å². The van der Waals surface area contributed by atoms with E-state index in [2.05, 4.69) is 38.1 Å². The summed E-state index contributed by atoms with van der Waals surface area (Å²) in [6.07, 6.45) is 6.61. The van der Waals surface area contributed by atoms with Crippen molar-refractivity contribution < 1.29 is 0 Å².